The molecule has 0 saturated heterocycles. The summed E-state index contributed by atoms with van der Waals surface area (Å²) in [6, 6.07) is 7.14. The van der Waals surface area contributed by atoms with Crippen molar-refractivity contribution in [1.82, 2.24) is 0 Å². The van der Waals surface area contributed by atoms with Crippen molar-refractivity contribution in [2.24, 2.45) is 5.73 Å². The Morgan fingerprint density at radius 3 is 2.79 bits per heavy atom. The van der Waals surface area contributed by atoms with Crippen LogP contribution < -0.4 is 5.73 Å². The maximum absolute atomic E-state index is 8.47. The number of benzene rings is 1. The van der Waals surface area contributed by atoms with Crippen molar-refractivity contribution in [1.29, 1.82) is 5.26 Å². The van der Waals surface area contributed by atoms with Gasteiger partial charge in [0.05, 0.1) is 12.5 Å². The van der Waals surface area contributed by atoms with E-state index in [1.165, 1.54) is 0 Å². The summed E-state index contributed by atoms with van der Waals surface area (Å²) in [5.74, 6) is 0. The number of hydrogen-bond acceptors (Lipinski definition) is 2. The van der Waals surface area contributed by atoms with Crippen LogP contribution in [0.3, 0.4) is 0 Å². The molecule has 0 amide bonds. The van der Waals surface area contributed by atoms with E-state index in [9.17, 15) is 0 Å². The summed E-state index contributed by atoms with van der Waals surface area (Å²) < 4.78 is 0.917. The van der Waals surface area contributed by atoms with E-state index in [4.69, 9.17) is 22.6 Å². The van der Waals surface area contributed by atoms with Gasteiger partial charge in [0.1, 0.15) is 0 Å². The van der Waals surface area contributed by atoms with Crippen LogP contribution in [0.15, 0.2) is 22.7 Å². The largest absolute Gasteiger partial charge is 0.323 e. The molecule has 0 fully saturated rings. The van der Waals surface area contributed by atoms with Gasteiger partial charge in [0.2, 0.25) is 0 Å². The van der Waals surface area contributed by atoms with Crippen LogP contribution in [0.2, 0.25) is 5.02 Å². The lowest BCUT2D eigenvalue weighted by molar-refractivity contribution is 0.748. The van der Waals surface area contributed by atoms with E-state index in [2.05, 4.69) is 15.9 Å². The van der Waals surface area contributed by atoms with Gasteiger partial charge in [0, 0.05) is 15.5 Å². The van der Waals surface area contributed by atoms with Crippen molar-refractivity contribution >= 4 is 39.9 Å². The fraction of sp³-hybridized carbons (Fsp3) is 0.222. The predicted octanol–water partition coefficient (Wildman–Crippen LogP) is 3.44. The van der Waals surface area contributed by atoms with Crippen LogP contribution in [-0.2, 0) is 0 Å². The zero-order chi connectivity index (χ0) is 9.84. The first-order valence-corrected chi connectivity index (χ1v) is 4.89. The van der Waals surface area contributed by atoms with Crippen molar-refractivity contribution in [3.05, 3.63) is 33.3 Å². The number of halogens is 3. The average molecular weight is 296 g/mol. The van der Waals surface area contributed by atoms with Crippen LogP contribution in [-0.4, -0.2) is 0 Å². The molecule has 0 heterocycles. The Hall–Kier alpha value is -0.270. The second-order valence-electron chi connectivity index (χ2n) is 2.63. The summed E-state index contributed by atoms with van der Waals surface area (Å²) in [5.41, 5.74) is 6.55. The molecule has 1 aromatic carbocycles. The molecule has 0 aliphatic carbocycles. The van der Waals surface area contributed by atoms with Gasteiger partial charge in [-0.2, -0.15) is 5.26 Å². The lowest BCUT2D eigenvalue weighted by Crippen LogP contribution is -2.09. The van der Waals surface area contributed by atoms with E-state index in [-0.39, 0.29) is 24.9 Å². The quantitative estimate of drug-likeness (QED) is 0.908. The first kappa shape index (κ1) is 13.7. The summed E-state index contributed by atoms with van der Waals surface area (Å²) in [5, 5.41) is 9.08. The first-order valence-electron chi connectivity index (χ1n) is 3.72. The number of hydrogen-bond donors (Lipinski definition) is 1. The summed E-state index contributed by atoms with van der Waals surface area (Å²) in [7, 11) is 0. The molecule has 0 spiro atoms. The SMILES string of the molecule is Cl.N#CC[C@@H](N)c1cc(Br)ccc1Cl. The van der Waals surface area contributed by atoms with Gasteiger partial charge < -0.3 is 5.73 Å². The first-order chi connectivity index (χ1) is 6.15. The minimum absolute atomic E-state index is 0. The van der Waals surface area contributed by atoms with Crippen LogP contribution in [0, 0.1) is 11.3 Å². The van der Waals surface area contributed by atoms with Gasteiger partial charge in [-0.05, 0) is 23.8 Å². The Morgan fingerprint density at radius 1 is 1.57 bits per heavy atom. The topological polar surface area (TPSA) is 49.8 Å². The van der Waals surface area contributed by atoms with Gasteiger partial charge in [-0.1, -0.05) is 27.5 Å². The van der Waals surface area contributed by atoms with E-state index in [1.54, 1.807) is 6.07 Å². The van der Waals surface area contributed by atoms with Crippen LogP contribution in [0.5, 0.6) is 0 Å². The summed E-state index contributed by atoms with van der Waals surface area (Å²) in [6.45, 7) is 0. The molecule has 0 unspecified atom stereocenters. The molecule has 0 aromatic heterocycles. The number of nitrogens with zero attached hydrogens (tertiary/aromatic N) is 1. The third kappa shape index (κ3) is 3.47. The number of nitriles is 1. The highest BCUT2D eigenvalue weighted by atomic mass is 79.9. The highest BCUT2D eigenvalue weighted by Gasteiger charge is 2.09. The van der Waals surface area contributed by atoms with Gasteiger partial charge in [-0.3, -0.25) is 0 Å². The molecule has 0 saturated carbocycles. The highest BCUT2D eigenvalue weighted by molar-refractivity contribution is 9.10. The summed E-state index contributed by atoms with van der Waals surface area (Å²) >= 11 is 9.24. The molecule has 0 aliphatic rings. The minimum atomic E-state index is -0.310. The van der Waals surface area contributed by atoms with Crippen molar-refractivity contribution < 1.29 is 0 Å². The Balaban J connectivity index is 0.00000169. The molecular formula is C9H9BrCl2N2. The van der Waals surface area contributed by atoms with Gasteiger partial charge in [0.25, 0.3) is 0 Å². The Labute approximate surface area is 103 Å². The minimum Gasteiger partial charge on any atom is -0.323 e. The molecule has 1 rings (SSSR count). The number of rotatable bonds is 2. The Kier molecular flexibility index (Phi) is 6.14. The zero-order valence-electron chi connectivity index (χ0n) is 7.21. The lowest BCUT2D eigenvalue weighted by atomic mass is 10.1. The van der Waals surface area contributed by atoms with Gasteiger partial charge in [0.15, 0.2) is 0 Å². The fourth-order valence-electron chi connectivity index (χ4n) is 1.01. The zero-order valence-corrected chi connectivity index (χ0v) is 10.4. The van der Waals surface area contributed by atoms with Crippen LogP contribution >= 0.6 is 39.9 Å². The maximum Gasteiger partial charge on any atom is 0.0641 e. The van der Waals surface area contributed by atoms with E-state index < -0.39 is 0 Å². The van der Waals surface area contributed by atoms with Crippen molar-refractivity contribution in [3.8, 4) is 6.07 Å². The van der Waals surface area contributed by atoms with Crippen molar-refractivity contribution in [3.63, 3.8) is 0 Å². The van der Waals surface area contributed by atoms with Crippen LogP contribution in [0.4, 0.5) is 0 Å². The van der Waals surface area contributed by atoms with E-state index in [0.717, 1.165) is 10.0 Å². The van der Waals surface area contributed by atoms with Gasteiger partial charge >= 0.3 is 0 Å². The summed E-state index contributed by atoms with van der Waals surface area (Å²) in [4.78, 5) is 0. The Bertz CT molecular complexity index is 349. The Morgan fingerprint density at radius 2 is 2.21 bits per heavy atom. The predicted molar refractivity (Wildman–Crippen MR) is 63.6 cm³/mol. The monoisotopic (exact) mass is 294 g/mol. The molecule has 2 nitrogen and oxygen atoms in total. The normalized spacial score (nSPS) is 11.3. The smallest absolute Gasteiger partial charge is 0.0641 e. The molecule has 5 heteroatoms. The standard InChI is InChI=1S/C9H8BrClN2.ClH/c10-6-1-2-8(11)7(5-6)9(13)3-4-12;/h1-2,5,9H,3,13H2;1H/t9-;/m1./s1. The van der Waals surface area contributed by atoms with Crippen molar-refractivity contribution in [2.75, 3.05) is 0 Å². The van der Waals surface area contributed by atoms with Crippen molar-refractivity contribution in [2.45, 2.75) is 12.5 Å². The molecule has 0 aliphatic heterocycles. The average Bonchev–Trinajstić information content (AvgIpc) is 2.09. The highest BCUT2D eigenvalue weighted by Crippen LogP contribution is 2.26. The molecule has 2 N–H and O–H groups in total. The summed E-state index contributed by atoms with van der Waals surface area (Å²) in [6.07, 6.45) is 0.274. The molecule has 76 valence electrons. The molecule has 1 atom stereocenters. The van der Waals surface area contributed by atoms with Gasteiger partial charge in [-0.25, -0.2) is 0 Å². The van der Waals surface area contributed by atoms with E-state index >= 15 is 0 Å². The lowest BCUT2D eigenvalue weighted by Gasteiger charge is -2.10. The molecule has 0 bridgehead atoms. The molecular weight excluding hydrogens is 287 g/mol. The van der Waals surface area contributed by atoms with Crippen LogP contribution in [0.1, 0.15) is 18.0 Å². The van der Waals surface area contributed by atoms with Crippen LogP contribution in [0.25, 0.3) is 0 Å². The molecule has 0 radical (unpaired) electrons. The maximum atomic E-state index is 8.47. The van der Waals surface area contributed by atoms with E-state index in [1.807, 2.05) is 18.2 Å². The third-order valence-electron chi connectivity index (χ3n) is 1.67. The second-order valence-corrected chi connectivity index (χ2v) is 3.96. The fourth-order valence-corrected chi connectivity index (χ4v) is 1.64. The third-order valence-corrected chi connectivity index (χ3v) is 2.51. The molecule has 1 aromatic rings. The van der Waals surface area contributed by atoms with Gasteiger partial charge in [-0.15, -0.1) is 12.4 Å². The second kappa shape index (κ2) is 6.26. The molecule has 14 heavy (non-hydrogen) atoms. The number of nitrogens with two attached hydrogens (primary N) is 1. The van der Waals surface area contributed by atoms with E-state index in [0.29, 0.717) is 5.02 Å².